The van der Waals surface area contributed by atoms with Gasteiger partial charge in [-0.1, -0.05) is 29.4 Å². The monoisotopic (exact) mass is 300 g/mol. The van der Waals surface area contributed by atoms with Gasteiger partial charge < -0.3 is 0 Å². The van der Waals surface area contributed by atoms with Crippen molar-refractivity contribution in [2.45, 2.75) is 23.8 Å². The number of aromatic nitrogens is 2. The molecule has 0 aliphatic rings. The van der Waals surface area contributed by atoms with E-state index in [2.05, 4.69) is 35.9 Å². The van der Waals surface area contributed by atoms with E-state index in [1.165, 1.54) is 11.1 Å². The summed E-state index contributed by atoms with van der Waals surface area (Å²) in [6.07, 6.45) is 1.62. The second-order valence-electron chi connectivity index (χ2n) is 4.69. The van der Waals surface area contributed by atoms with Crippen LogP contribution < -0.4 is 0 Å². The van der Waals surface area contributed by atoms with Gasteiger partial charge in [-0.2, -0.15) is 0 Å². The van der Waals surface area contributed by atoms with Crippen molar-refractivity contribution < 1.29 is 0 Å². The molecule has 0 bridgehead atoms. The maximum absolute atomic E-state index is 6.03. The van der Waals surface area contributed by atoms with Crippen molar-refractivity contribution in [3.63, 3.8) is 0 Å². The Balaban J connectivity index is 2.09. The third-order valence-corrected chi connectivity index (χ3v) is 4.47. The molecule has 0 spiro atoms. The number of benzene rings is 2. The fourth-order valence-corrected chi connectivity index (χ4v) is 3.20. The van der Waals surface area contributed by atoms with E-state index in [0.717, 1.165) is 25.8 Å². The van der Waals surface area contributed by atoms with Crippen LogP contribution in [0.25, 0.3) is 10.9 Å². The molecule has 0 saturated carbocycles. The minimum absolute atomic E-state index is 0.736. The minimum atomic E-state index is 0.736. The molecule has 0 saturated heterocycles. The fraction of sp³-hybridized carbons (Fsp3) is 0.125. The average molecular weight is 301 g/mol. The van der Waals surface area contributed by atoms with Crippen LogP contribution in [0.1, 0.15) is 11.1 Å². The van der Waals surface area contributed by atoms with E-state index in [4.69, 9.17) is 11.6 Å². The highest BCUT2D eigenvalue weighted by Gasteiger charge is 2.07. The molecule has 0 N–H and O–H groups in total. The van der Waals surface area contributed by atoms with Gasteiger partial charge in [-0.25, -0.2) is 9.97 Å². The van der Waals surface area contributed by atoms with E-state index in [-0.39, 0.29) is 0 Å². The molecule has 0 radical (unpaired) electrons. The Hall–Kier alpha value is -1.58. The summed E-state index contributed by atoms with van der Waals surface area (Å²) >= 11 is 7.64. The molecule has 4 heteroatoms. The number of halogens is 1. The molecule has 0 unspecified atom stereocenters. The zero-order chi connectivity index (χ0) is 14.1. The Kier molecular flexibility index (Phi) is 3.64. The number of aryl methyl sites for hydroxylation is 2. The maximum Gasteiger partial charge on any atom is 0.117 e. The minimum Gasteiger partial charge on any atom is -0.236 e. The van der Waals surface area contributed by atoms with Crippen LogP contribution in [0.4, 0.5) is 0 Å². The second-order valence-corrected chi connectivity index (χ2v) is 6.19. The van der Waals surface area contributed by atoms with Crippen LogP contribution >= 0.6 is 23.4 Å². The summed E-state index contributed by atoms with van der Waals surface area (Å²) in [5, 5.41) is 2.78. The summed E-state index contributed by atoms with van der Waals surface area (Å²) in [4.78, 5) is 9.84. The molecule has 3 rings (SSSR count). The predicted molar refractivity (Wildman–Crippen MR) is 84.6 cm³/mol. The Labute approximate surface area is 127 Å². The molecule has 0 aliphatic heterocycles. The molecular formula is C16H13ClN2S. The van der Waals surface area contributed by atoms with Gasteiger partial charge in [0.05, 0.1) is 5.52 Å². The Bertz CT molecular complexity index is 787. The van der Waals surface area contributed by atoms with Crippen LogP contribution in [0.2, 0.25) is 5.02 Å². The van der Waals surface area contributed by atoms with Crippen molar-refractivity contribution in [3.8, 4) is 0 Å². The highest BCUT2D eigenvalue weighted by Crippen LogP contribution is 2.33. The molecule has 0 amide bonds. The van der Waals surface area contributed by atoms with Gasteiger partial charge in [0.15, 0.2) is 0 Å². The Morgan fingerprint density at radius 2 is 1.80 bits per heavy atom. The van der Waals surface area contributed by atoms with Crippen molar-refractivity contribution >= 4 is 34.3 Å². The Morgan fingerprint density at radius 3 is 2.60 bits per heavy atom. The predicted octanol–water partition coefficient (Wildman–Crippen LogP) is 5.05. The summed E-state index contributed by atoms with van der Waals surface area (Å²) in [6, 6.07) is 12.1. The van der Waals surface area contributed by atoms with Gasteiger partial charge in [0, 0.05) is 15.3 Å². The molecule has 0 fully saturated rings. The molecule has 1 heterocycles. The second kappa shape index (κ2) is 5.43. The number of hydrogen-bond donors (Lipinski definition) is 0. The van der Waals surface area contributed by atoms with Crippen molar-refractivity contribution in [1.82, 2.24) is 9.97 Å². The lowest BCUT2D eigenvalue weighted by molar-refractivity contribution is 1.09. The van der Waals surface area contributed by atoms with Crippen LogP contribution in [0, 0.1) is 13.8 Å². The SMILES string of the molecule is Cc1cc2ncnc(Sc3cccc(Cl)c3)c2cc1C. The van der Waals surface area contributed by atoms with Gasteiger partial charge in [0.1, 0.15) is 11.4 Å². The van der Waals surface area contributed by atoms with Gasteiger partial charge in [-0.05, 0) is 55.3 Å². The molecular weight excluding hydrogens is 288 g/mol. The zero-order valence-electron chi connectivity index (χ0n) is 11.2. The van der Waals surface area contributed by atoms with E-state index < -0.39 is 0 Å². The third-order valence-electron chi connectivity index (χ3n) is 3.22. The fourth-order valence-electron chi connectivity index (χ4n) is 2.02. The molecule has 0 aliphatic carbocycles. The van der Waals surface area contributed by atoms with E-state index in [1.807, 2.05) is 24.3 Å². The number of rotatable bonds is 2. The zero-order valence-corrected chi connectivity index (χ0v) is 12.8. The molecule has 2 nitrogen and oxygen atoms in total. The molecule has 3 aromatic rings. The number of fused-ring (bicyclic) bond motifs is 1. The first-order valence-electron chi connectivity index (χ1n) is 6.29. The molecule has 2 aromatic carbocycles. The van der Waals surface area contributed by atoms with E-state index >= 15 is 0 Å². The molecule has 100 valence electrons. The number of hydrogen-bond acceptors (Lipinski definition) is 3. The summed E-state index contributed by atoms with van der Waals surface area (Å²) in [6.45, 7) is 4.20. The molecule has 1 aromatic heterocycles. The van der Waals surface area contributed by atoms with Crippen LogP contribution in [0.15, 0.2) is 52.6 Å². The topological polar surface area (TPSA) is 25.8 Å². The lowest BCUT2D eigenvalue weighted by Crippen LogP contribution is -1.90. The van der Waals surface area contributed by atoms with Crippen LogP contribution in [-0.4, -0.2) is 9.97 Å². The van der Waals surface area contributed by atoms with Crippen molar-refractivity contribution in [2.24, 2.45) is 0 Å². The van der Waals surface area contributed by atoms with E-state index in [1.54, 1.807) is 18.1 Å². The first kappa shape index (κ1) is 13.4. The van der Waals surface area contributed by atoms with Crippen LogP contribution in [0.5, 0.6) is 0 Å². The van der Waals surface area contributed by atoms with Gasteiger partial charge in [-0.3, -0.25) is 0 Å². The summed E-state index contributed by atoms with van der Waals surface area (Å²) < 4.78 is 0. The van der Waals surface area contributed by atoms with Crippen molar-refractivity contribution in [1.29, 1.82) is 0 Å². The first-order chi connectivity index (χ1) is 9.63. The smallest absolute Gasteiger partial charge is 0.117 e. The van der Waals surface area contributed by atoms with Gasteiger partial charge in [-0.15, -0.1) is 0 Å². The highest BCUT2D eigenvalue weighted by atomic mass is 35.5. The largest absolute Gasteiger partial charge is 0.236 e. The van der Waals surface area contributed by atoms with Crippen LogP contribution in [0.3, 0.4) is 0 Å². The van der Waals surface area contributed by atoms with E-state index in [9.17, 15) is 0 Å². The van der Waals surface area contributed by atoms with Crippen molar-refractivity contribution in [2.75, 3.05) is 0 Å². The van der Waals surface area contributed by atoms with Gasteiger partial charge >= 0.3 is 0 Å². The third kappa shape index (κ3) is 2.65. The van der Waals surface area contributed by atoms with Gasteiger partial charge in [0.25, 0.3) is 0 Å². The standard InChI is InChI=1S/C16H13ClN2S/c1-10-6-14-15(7-11(10)2)18-9-19-16(14)20-13-5-3-4-12(17)8-13/h3-9H,1-2H3. The lowest BCUT2D eigenvalue weighted by atomic mass is 10.1. The Morgan fingerprint density at radius 1 is 1.00 bits per heavy atom. The van der Waals surface area contributed by atoms with E-state index in [0.29, 0.717) is 0 Å². The molecule has 0 atom stereocenters. The van der Waals surface area contributed by atoms with Gasteiger partial charge in [0.2, 0.25) is 0 Å². The molecule has 20 heavy (non-hydrogen) atoms. The lowest BCUT2D eigenvalue weighted by Gasteiger charge is -2.07. The van der Waals surface area contributed by atoms with Crippen LogP contribution in [-0.2, 0) is 0 Å². The highest BCUT2D eigenvalue weighted by molar-refractivity contribution is 7.99. The number of nitrogens with zero attached hydrogens (tertiary/aromatic N) is 2. The maximum atomic E-state index is 6.03. The average Bonchev–Trinajstić information content (AvgIpc) is 2.41. The van der Waals surface area contributed by atoms with Crippen molar-refractivity contribution in [3.05, 3.63) is 58.9 Å². The summed E-state index contributed by atoms with van der Waals surface area (Å²) in [7, 11) is 0. The quantitative estimate of drug-likeness (QED) is 0.619. The first-order valence-corrected chi connectivity index (χ1v) is 7.48. The normalized spacial score (nSPS) is 10.9. The summed E-state index contributed by atoms with van der Waals surface area (Å²) in [5.74, 6) is 0. The summed E-state index contributed by atoms with van der Waals surface area (Å²) in [5.41, 5.74) is 3.47.